The molecule has 0 radical (unpaired) electrons. The van der Waals surface area contributed by atoms with Crippen LogP contribution in [-0.2, 0) is 11.2 Å². The van der Waals surface area contributed by atoms with Gasteiger partial charge in [-0.1, -0.05) is 0 Å². The van der Waals surface area contributed by atoms with Crippen LogP contribution in [0.1, 0.15) is 11.3 Å². The third-order valence-electron chi connectivity index (χ3n) is 2.29. The summed E-state index contributed by atoms with van der Waals surface area (Å²) in [4.78, 5) is 13.6. The van der Waals surface area contributed by atoms with Gasteiger partial charge < -0.3 is 15.1 Å². The largest absolute Gasteiger partial charge is 0.481 e. The van der Waals surface area contributed by atoms with Crippen molar-refractivity contribution < 1.29 is 15.0 Å². The number of aliphatic hydroxyl groups excluding tert-OH is 1. The second-order valence-corrected chi connectivity index (χ2v) is 5.91. The molecule has 6 heteroatoms. The standard InChI is InChI=1S/C11H16BrNO3S/c1-13(6-9(14)5-11(15)16)3-2-10-4-8(12)7-17-10/h4,7,9,14H,2-3,5-6H2,1H3,(H,15,16). The van der Waals surface area contributed by atoms with E-state index in [1.165, 1.54) is 4.88 Å². The molecule has 0 fully saturated rings. The average molecular weight is 322 g/mol. The molecule has 17 heavy (non-hydrogen) atoms. The van der Waals surface area contributed by atoms with Crippen molar-refractivity contribution in [2.75, 3.05) is 20.1 Å². The fourth-order valence-electron chi connectivity index (χ4n) is 1.50. The first-order chi connectivity index (χ1) is 7.97. The first kappa shape index (κ1) is 14.6. The van der Waals surface area contributed by atoms with Crippen LogP contribution in [0.4, 0.5) is 0 Å². The Morgan fingerprint density at radius 2 is 2.35 bits per heavy atom. The Hall–Kier alpha value is -0.430. The van der Waals surface area contributed by atoms with E-state index in [0.29, 0.717) is 6.54 Å². The van der Waals surface area contributed by atoms with Crippen LogP contribution in [-0.4, -0.2) is 47.3 Å². The lowest BCUT2D eigenvalue weighted by molar-refractivity contribution is -0.139. The van der Waals surface area contributed by atoms with Crippen LogP contribution in [0.15, 0.2) is 15.9 Å². The van der Waals surface area contributed by atoms with Gasteiger partial charge in [0.15, 0.2) is 0 Å². The normalized spacial score (nSPS) is 12.9. The Morgan fingerprint density at radius 3 is 2.88 bits per heavy atom. The summed E-state index contributed by atoms with van der Waals surface area (Å²) < 4.78 is 1.09. The molecule has 1 atom stereocenters. The highest BCUT2D eigenvalue weighted by Crippen LogP contribution is 2.20. The summed E-state index contributed by atoms with van der Waals surface area (Å²) in [6.07, 6.45) is -0.0888. The van der Waals surface area contributed by atoms with E-state index < -0.39 is 12.1 Å². The second kappa shape index (κ2) is 7.10. The van der Waals surface area contributed by atoms with Gasteiger partial charge in [0.25, 0.3) is 0 Å². The van der Waals surface area contributed by atoms with Gasteiger partial charge in [-0.25, -0.2) is 0 Å². The van der Waals surface area contributed by atoms with Crippen molar-refractivity contribution in [3.8, 4) is 0 Å². The number of rotatable bonds is 7. The van der Waals surface area contributed by atoms with Crippen molar-refractivity contribution in [1.82, 2.24) is 4.90 Å². The molecule has 2 N–H and O–H groups in total. The summed E-state index contributed by atoms with van der Waals surface area (Å²) in [6.45, 7) is 1.20. The minimum Gasteiger partial charge on any atom is -0.481 e. The van der Waals surface area contributed by atoms with Crippen LogP contribution in [0.5, 0.6) is 0 Å². The summed E-state index contributed by atoms with van der Waals surface area (Å²) in [6, 6.07) is 2.08. The van der Waals surface area contributed by atoms with E-state index in [9.17, 15) is 9.90 Å². The van der Waals surface area contributed by atoms with E-state index in [4.69, 9.17) is 5.11 Å². The van der Waals surface area contributed by atoms with E-state index in [2.05, 4.69) is 22.0 Å². The van der Waals surface area contributed by atoms with Crippen molar-refractivity contribution in [1.29, 1.82) is 0 Å². The Kier molecular flexibility index (Phi) is 6.11. The van der Waals surface area contributed by atoms with E-state index in [1.807, 2.05) is 17.3 Å². The van der Waals surface area contributed by atoms with Gasteiger partial charge in [0, 0.05) is 27.8 Å². The number of aliphatic carboxylic acids is 1. The molecular weight excluding hydrogens is 306 g/mol. The van der Waals surface area contributed by atoms with Crippen molar-refractivity contribution in [3.63, 3.8) is 0 Å². The molecule has 4 nitrogen and oxygen atoms in total. The summed E-state index contributed by atoms with van der Waals surface area (Å²) >= 11 is 5.09. The van der Waals surface area contributed by atoms with Gasteiger partial charge in [0.2, 0.25) is 0 Å². The highest BCUT2D eigenvalue weighted by Gasteiger charge is 2.12. The number of aliphatic hydroxyl groups is 1. The van der Waals surface area contributed by atoms with Gasteiger partial charge in [0.1, 0.15) is 0 Å². The number of hydrogen-bond donors (Lipinski definition) is 2. The molecule has 0 bridgehead atoms. The van der Waals surface area contributed by atoms with Crippen LogP contribution in [0, 0.1) is 0 Å². The molecular formula is C11H16BrNO3S. The molecule has 0 amide bonds. The number of halogens is 1. The second-order valence-electron chi connectivity index (χ2n) is 4.00. The molecule has 0 saturated carbocycles. The van der Waals surface area contributed by atoms with Gasteiger partial charge >= 0.3 is 5.97 Å². The number of carbonyl (C=O) groups is 1. The Morgan fingerprint density at radius 1 is 1.65 bits per heavy atom. The van der Waals surface area contributed by atoms with E-state index in [1.54, 1.807) is 11.3 Å². The lowest BCUT2D eigenvalue weighted by atomic mass is 10.2. The molecule has 1 unspecified atom stereocenters. The highest BCUT2D eigenvalue weighted by atomic mass is 79.9. The maximum Gasteiger partial charge on any atom is 0.306 e. The Labute approximate surface area is 113 Å². The van der Waals surface area contributed by atoms with Gasteiger partial charge in [0.05, 0.1) is 12.5 Å². The lowest BCUT2D eigenvalue weighted by Crippen LogP contribution is -2.32. The van der Waals surface area contributed by atoms with Gasteiger partial charge in [-0.15, -0.1) is 11.3 Å². The van der Waals surface area contributed by atoms with Gasteiger partial charge in [-0.2, -0.15) is 0 Å². The minimum atomic E-state index is -0.965. The van der Waals surface area contributed by atoms with Gasteiger partial charge in [-0.3, -0.25) is 4.79 Å². The average Bonchev–Trinajstić information content (AvgIpc) is 2.59. The first-order valence-electron chi connectivity index (χ1n) is 5.28. The number of nitrogens with zero attached hydrogens (tertiary/aromatic N) is 1. The molecule has 0 aromatic carbocycles. The third-order valence-corrected chi connectivity index (χ3v) is 4.05. The highest BCUT2D eigenvalue weighted by molar-refractivity contribution is 9.10. The predicted molar refractivity (Wildman–Crippen MR) is 71.5 cm³/mol. The number of carboxylic acids is 1. The molecule has 0 aliphatic carbocycles. The first-order valence-corrected chi connectivity index (χ1v) is 6.96. The molecule has 1 aromatic heterocycles. The zero-order chi connectivity index (χ0) is 12.8. The predicted octanol–water partition coefficient (Wildman–Crippen LogP) is 1.82. The van der Waals surface area contributed by atoms with Crippen molar-refractivity contribution in [2.45, 2.75) is 18.9 Å². The zero-order valence-electron chi connectivity index (χ0n) is 9.60. The SMILES string of the molecule is CN(CCc1cc(Br)cs1)CC(O)CC(=O)O. The van der Waals surface area contributed by atoms with Crippen LogP contribution < -0.4 is 0 Å². The molecule has 0 saturated heterocycles. The summed E-state index contributed by atoms with van der Waals surface area (Å²) in [7, 11) is 1.88. The van der Waals surface area contributed by atoms with E-state index >= 15 is 0 Å². The smallest absolute Gasteiger partial charge is 0.306 e. The lowest BCUT2D eigenvalue weighted by Gasteiger charge is -2.19. The number of likely N-dealkylation sites (N-methyl/N-ethyl adjacent to an activating group) is 1. The summed E-state index contributed by atoms with van der Waals surface area (Å²) in [5, 5.41) is 20.0. The van der Waals surface area contributed by atoms with Crippen LogP contribution in [0.2, 0.25) is 0 Å². The Balaban J connectivity index is 2.25. The van der Waals surface area contributed by atoms with E-state index in [-0.39, 0.29) is 6.42 Å². The number of carboxylic acid groups (broad SMARTS) is 1. The molecule has 1 rings (SSSR count). The van der Waals surface area contributed by atoms with Crippen LogP contribution in [0.25, 0.3) is 0 Å². The van der Waals surface area contributed by atoms with Crippen LogP contribution in [0.3, 0.4) is 0 Å². The van der Waals surface area contributed by atoms with Gasteiger partial charge in [-0.05, 0) is 35.5 Å². The Bertz CT molecular complexity index is 369. The van der Waals surface area contributed by atoms with E-state index in [0.717, 1.165) is 17.4 Å². The fourth-order valence-corrected chi connectivity index (χ4v) is 2.95. The maximum absolute atomic E-state index is 10.4. The fraction of sp³-hybridized carbons (Fsp3) is 0.545. The molecule has 1 heterocycles. The minimum absolute atomic E-state index is 0.200. The topological polar surface area (TPSA) is 60.8 Å². The number of thiophene rings is 1. The molecule has 96 valence electrons. The van der Waals surface area contributed by atoms with Crippen molar-refractivity contribution in [2.24, 2.45) is 0 Å². The number of hydrogen-bond acceptors (Lipinski definition) is 4. The third kappa shape index (κ3) is 6.16. The van der Waals surface area contributed by atoms with Crippen molar-refractivity contribution >= 4 is 33.2 Å². The molecule has 0 aliphatic heterocycles. The van der Waals surface area contributed by atoms with Crippen molar-refractivity contribution in [3.05, 3.63) is 20.8 Å². The summed E-state index contributed by atoms with van der Waals surface area (Å²) in [5.74, 6) is -0.965. The van der Waals surface area contributed by atoms with Crippen LogP contribution >= 0.6 is 27.3 Å². The zero-order valence-corrected chi connectivity index (χ0v) is 12.0. The molecule has 1 aromatic rings. The molecule has 0 aliphatic rings. The molecule has 0 spiro atoms. The maximum atomic E-state index is 10.4. The quantitative estimate of drug-likeness (QED) is 0.804. The monoisotopic (exact) mass is 321 g/mol. The summed E-state index contributed by atoms with van der Waals surface area (Å²) in [5.41, 5.74) is 0.